The largest absolute Gasteiger partial charge is 0.340 e. The summed E-state index contributed by atoms with van der Waals surface area (Å²) in [6, 6.07) is 2.00. The average Bonchev–Trinajstić information content (AvgIpc) is 2.67. The van der Waals surface area contributed by atoms with Crippen LogP contribution in [0.1, 0.15) is 22.8 Å². The van der Waals surface area contributed by atoms with Crippen molar-refractivity contribution in [1.82, 2.24) is 20.4 Å². The molecule has 0 aliphatic heterocycles. The third kappa shape index (κ3) is 2.64. The highest BCUT2D eigenvalue weighted by molar-refractivity contribution is 5.21. The Labute approximate surface area is 93.9 Å². The minimum absolute atomic E-state index is 0.594. The number of aromatic nitrogens is 3. The van der Waals surface area contributed by atoms with E-state index in [-0.39, 0.29) is 0 Å². The molecule has 16 heavy (non-hydrogen) atoms. The Morgan fingerprint density at radius 1 is 1.31 bits per heavy atom. The van der Waals surface area contributed by atoms with E-state index in [1.165, 1.54) is 11.1 Å². The van der Waals surface area contributed by atoms with Gasteiger partial charge < -0.3 is 9.84 Å². The molecule has 0 fully saturated rings. The van der Waals surface area contributed by atoms with E-state index < -0.39 is 0 Å². The van der Waals surface area contributed by atoms with Gasteiger partial charge in [0.25, 0.3) is 0 Å². The summed E-state index contributed by atoms with van der Waals surface area (Å²) in [7, 11) is 0. The molecule has 0 saturated carbocycles. The Balaban J connectivity index is 1.87. The fraction of sp³-hybridized carbons (Fsp3) is 0.364. The molecule has 1 N–H and O–H groups in total. The zero-order chi connectivity index (χ0) is 11.4. The maximum atomic E-state index is 4.88. The van der Waals surface area contributed by atoms with Crippen LogP contribution in [0.25, 0.3) is 0 Å². The average molecular weight is 218 g/mol. The molecule has 2 rings (SSSR count). The molecule has 2 aromatic heterocycles. The van der Waals surface area contributed by atoms with Crippen molar-refractivity contribution in [1.29, 1.82) is 0 Å². The van der Waals surface area contributed by atoms with E-state index in [1.54, 1.807) is 13.1 Å². The van der Waals surface area contributed by atoms with Gasteiger partial charge in [-0.3, -0.25) is 4.98 Å². The van der Waals surface area contributed by atoms with Crippen molar-refractivity contribution in [3.05, 3.63) is 41.3 Å². The van der Waals surface area contributed by atoms with Crippen LogP contribution in [0.4, 0.5) is 0 Å². The van der Waals surface area contributed by atoms with Crippen molar-refractivity contribution in [2.45, 2.75) is 26.9 Å². The zero-order valence-electron chi connectivity index (χ0n) is 9.40. The second kappa shape index (κ2) is 4.85. The SMILES string of the molecule is Cc1nc(CNCc2ccncc2C)no1. The lowest BCUT2D eigenvalue weighted by Gasteiger charge is -2.04. The van der Waals surface area contributed by atoms with E-state index in [0.717, 1.165) is 6.54 Å². The van der Waals surface area contributed by atoms with E-state index >= 15 is 0 Å². The van der Waals surface area contributed by atoms with Gasteiger partial charge in [-0.2, -0.15) is 4.98 Å². The van der Waals surface area contributed by atoms with E-state index in [2.05, 4.69) is 20.4 Å². The second-order valence-corrected chi connectivity index (χ2v) is 3.64. The van der Waals surface area contributed by atoms with Crippen molar-refractivity contribution >= 4 is 0 Å². The Morgan fingerprint density at radius 2 is 2.19 bits per heavy atom. The fourth-order valence-electron chi connectivity index (χ4n) is 1.42. The molecule has 84 valence electrons. The number of hydrogen-bond acceptors (Lipinski definition) is 5. The Bertz CT molecular complexity index is 467. The van der Waals surface area contributed by atoms with Crippen LogP contribution in [0, 0.1) is 13.8 Å². The molecule has 2 aromatic rings. The first kappa shape index (κ1) is 10.8. The van der Waals surface area contributed by atoms with Crippen molar-refractivity contribution in [2.75, 3.05) is 0 Å². The number of pyridine rings is 1. The lowest BCUT2D eigenvalue weighted by molar-refractivity contribution is 0.385. The van der Waals surface area contributed by atoms with Crippen LogP contribution in [-0.2, 0) is 13.1 Å². The molecule has 0 saturated heterocycles. The van der Waals surface area contributed by atoms with Gasteiger partial charge in [-0.25, -0.2) is 0 Å². The van der Waals surface area contributed by atoms with Crippen molar-refractivity contribution in [2.24, 2.45) is 0 Å². The van der Waals surface area contributed by atoms with Gasteiger partial charge in [-0.1, -0.05) is 5.16 Å². The van der Waals surface area contributed by atoms with Gasteiger partial charge in [0.1, 0.15) is 0 Å². The molecule has 0 aromatic carbocycles. The molecular weight excluding hydrogens is 204 g/mol. The highest BCUT2D eigenvalue weighted by atomic mass is 16.5. The first-order valence-electron chi connectivity index (χ1n) is 5.15. The number of rotatable bonds is 4. The lowest BCUT2D eigenvalue weighted by atomic mass is 10.1. The first-order chi connectivity index (χ1) is 7.75. The van der Waals surface area contributed by atoms with Gasteiger partial charge in [0.05, 0.1) is 6.54 Å². The molecule has 0 amide bonds. The predicted octanol–water partition coefficient (Wildman–Crippen LogP) is 1.37. The standard InChI is InChI=1S/C11H14N4O/c1-8-5-12-4-3-10(8)6-13-7-11-14-9(2)16-15-11/h3-5,13H,6-7H2,1-2H3. The summed E-state index contributed by atoms with van der Waals surface area (Å²) >= 11 is 0. The first-order valence-corrected chi connectivity index (χ1v) is 5.15. The maximum Gasteiger partial charge on any atom is 0.223 e. The third-order valence-corrected chi connectivity index (χ3v) is 2.30. The van der Waals surface area contributed by atoms with Crippen LogP contribution in [0.2, 0.25) is 0 Å². The molecule has 5 nitrogen and oxygen atoms in total. The zero-order valence-corrected chi connectivity index (χ0v) is 9.40. The van der Waals surface area contributed by atoms with Crippen LogP contribution in [0.5, 0.6) is 0 Å². The minimum atomic E-state index is 0.594. The van der Waals surface area contributed by atoms with E-state index in [0.29, 0.717) is 18.3 Å². The number of aryl methyl sites for hydroxylation is 2. The normalized spacial score (nSPS) is 10.6. The maximum absolute atomic E-state index is 4.88. The van der Waals surface area contributed by atoms with Crippen LogP contribution in [0.3, 0.4) is 0 Å². The van der Waals surface area contributed by atoms with Gasteiger partial charge in [0, 0.05) is 25.9 Å². The van der Waals surface area contributed by atoms with Crippen molar-refractivity contribution in [3.8, 4) is 0 Å². The summed E-state index contributed by atoms with van der Waals surface area (Å²) in [5, 5.41) is 7.07. The van der Waals surface area contributed by atoms with Crippen molar-refractivity contribution < 1.29 is 4.52 Å². The fourth-order valence-corrected chi connectivity index (χ4v) is 1.42. The highest BCUT2D eigenvalue weighted by Crippen LogP contribution is 2.04. The molecule has 0 aliphatic rings. The number of nitrogens with one attached hydrogen (secondary N) is 1. The van der Waals surface area contributed by atoms with Crippen molar-refractivity contribution in [3.63, 3.8) is 0 Å². The summed E-state index contributed by atoms with van der Waals surface area (Å²) in [5.74, 6) is 1.28. The molecule has 5 heteroatoms. The van der Waals surface area contributed by atoms with Gasteiger partial charge >= 0.3 is 0 Å². The Morgan fingerprint density at radius 3 is 2.88 bits per heavy atom. The second-order valence-electron chi connectivity index (χ2n) is 3.64. The molecule has 0 unspecified atom stereocenters. The van der Waals surface area contributed by atoms with E-state index in [9.17, 15) is 0 Å². The van der Waals surface area contributed by atoms with Crippen LogP contribution >= 0.6 is 0 Å². The summed E-state index contributed by atoms with van der Waals surface area (Å²) in [4.78, 5) is 8.16. The van der Waals surface area contributed by atoms with Gasteiger partial charge in [-0.05, 0) is 24.1 Å². The summed E-state index contributed by atoms with van der Waals surface area (Å²) < 4.78 is 4.88. The molecular formula is C11H14N4O. The van der Waals surface area contributed by atoms with Crippen LogP contribution < -0.4 is 5.32 Å². The molecule has 2 heterocycles. The highest BCUT2D eigenvalue weighted by Gasteiger charge is 2.02. The Hall–Kier alpha value is -1.75. The predicted molar refractivity (Wildman–Crippen MR) is 58.6 cm³/mol. The van der Waals surface area contributed by atoms with E-state index in [4.69, 9.17) is 4.52 Å². The molecule has 0 radical (unpaired) electrons. The number of hydrogen-bond donors (Lipinski definition) is 1. The minimum Gasteiger partial charge on any atom is -0.340 e. The summed E-state index contributed by atoms with van der Waals surface area (Å²) in [5.41, 5.74) is 2.41. The quantitative estimate of drug-likeness (QED) is 0.839. The van der Waals surface area contributed by atoms with Gasteiger partial charge in [-0.15, -0.1) is 0 Å². The van der Waals surface area contributed by atoms with E-state index in [1.807, 2.05) is 19.2 Å². The van der Waals surface area contributed by atoms with Gasteiger partial charge in [0.2, 0.25) is 5.89 Å². The molecule has 0 bridgehead atoms. The number of nitrogens with zero attached hydrogens (tertiary/aromatic N) is 3. The third-order valence-electron chi connectivity index (χ3n) is 2.30. The molecule has 0 aliphatic carbocycles. The monoisotopic (exact) mass is 218 g/mol. The molecule has 0 atom stereocenters. The van der Waals surface area contributed by atoms with Crippen LogP contribution in [-0.4, -0.2) is 15.1 Å². The smallest absolute Gasteiger partial charge is 0.223 e. The lowest BCUT2D eigenvalue weighted by Crippen LogP contribution is -2.14. The summed E-state index contributed by atoms with van der Waals surface area (Å²) in [6.07, 6.45) is 3.65. The topological polar surface area (TPSA) is 63.8 Å². The Kier molecular flexibility index (Phi) is 3.26. The molecule has 0 spiro atoms. The summed E-state index contributed by atoms with van der Waals surface area (Å²) in [6.45, 7) is 5.22. The van der Waals surface area contributed by atoms with Gasteiger partial charge in [0.15, 0.2) is 5.82 Å². The van der Waals surface area contributed by atoms with Crippen LogP contribution in [0.15, 0.2) is 23.0 Å².